The summed E-state index contributed by atoms with van der Waals surface area (Å²) in [5.41, 5.74) is -0.997. The summed E-state index contributed by atoms with van der Waals surface area (Å²) in [6, 6.07) is 8.85. The maximum absolute atomic E-state index is 12.3. The molecule has 9 nitrogen and oxygen atoms in total. The molecule has 1 heterocycles. The van der Waals surface area contributed by atoms with E-state index in [9.17, 15) is 14.4 Å². The van der Waals surface area contributed by atoms with Crippen molar-refractivity contribution in [3.63, 3.8) is 0 Å². The molecule has 0 unspecified atom stereocenters. The van der Waals surface area contributed by atoms with Crippen molar-refractivity contribution in [2.24, 2.45) is 0 Å². The number of carbonyl (C=O) groups excluding carboxylic acids is 2. The monoisotopic (exact) mass is 321 g/mol. The summed E-state index contributed by atoms with van der Waals surface area (Å²) in [5.74, 6) is -2.97. The number of hydrogen-bond donors (Lipinski definition) is 2. The number of nitrogens with one attached hydrogen (secondary N) is 1. The summed E-state index contributed by atoms with van der Waals surface area (Å²) in [6.07, 6.45) is 0. The molecule has 0 saturated carbocycles. The zero-order valence-corrected chi connectivity index (χ0v) is 11.9. The molecule has 0 atom stereocenters. The molecule has 0 bridgehead atoms. The van der Waals surface area contributed by atoms with Crippen molar-refractivity contribution in [3.8, 4) is 18.2 Å². The number of carbonyl (C=O) groups is 3. The molecule has 0 radical (unpaired) electrons. The van der Waals surface area contributed by atoms with Crippen molar-refractivity contribution in [1.82, 2.24) is 4.90 Å². The molecule has 1 aliphatic rings. The van der Waals surface area contributed by atoms with Gasteiger partial charge in [-0.2, -0.15) is 15.8 Å². The normalized spacial score (nSPS) is 11.8. The van der Waals surface area contributed by atoms with Crippen LogP contribution in [0.25, 0.3) is 0 Å². The van der Waals surface area contributed by atoms with E-state index in [0.29, 0.717) is 4.90 Å². The molecular formula is C15H7N5O4. The lowest BCUT2D eigenvalue weighted by Gasteiger charge is -2.11. The topological polar surface area (TPSA) is 158 Å². The summed E-state index contributed by atoms with van der Waals surface area (Å²) >= 11 is 0. The maximum Gasteiger partial charge on any atom is 0.323 e. The molecule has 0 fully saturated rings. The van der Waals surface area contributed by atoms with Gasteiger partial charge in [0.15, 0.2) is 5.57 Å². The van der Waals surface area contributed by atoms with Crippen LogP contribution in [0.15, 0.2) is 29.5 Å². The van der Waals surface area contributed by atoms with Crippen LogP contribution in [0.3, 0.4) is 0 Å². The summed E-state index contributed by atoms with van der Waals surface area (Å²) in [6.45, 7) is -0.797. The molecule has 116 valence electrons. The third kappa shape index (κ3) is 2.63. The largest absolute Gasteiger partial charge is 0.480 e. The van der Waals surface area contributed by atoms with Gasteiger partial charge in [-0.3, -0.25) is 19.3 Å². The van der Waals surface area contributed by atoms with Crippen molar-refractivity contribution in [2.45, 2.75) is 0 Å². The van der Waals surface area contributed by atoms with Crippen LogP contribution in [0.2, 0.25) is 0 Å². The molecule has 0 spiro atoms. The van der Waals surface area contributed by atoms with E-state index in [2.05, 4.69) is 5.32 Å². The van der Waals surface area contributed by atoms with E-state index in [1.54, 1.807) is 6.07 Å². The highest BCUT2D eigenvalue weighted by molar-refractivity contribution is 6.24. The maximum atomic E-state index is 12.3. The Morgan fingerprint density at radius 2 is 1.79 bits per heavy atom. The third-order valence-electron chi connectivity index (χ3n) is 3.14. The Labute approximate surface area is 135 Å². The van der Waals surface area contributed by atoms with Gasteiger partial charge < -0.3 is 10.4 Å². The molecule has 0 aromatic heterocycles. The number of rotatable bonds is 4. The molecule has 1 aromatic rings. The first-order chi connectivity index (χ1) is 11.4. The Kier molecular flexibility index (Phi) is 4.26. The highest BCUT2D eigenvalue weighted by Gasteiger charge is 2.38. The van der Waals surface area contributed by atoms with E-state index < -0.39 is 29.9 Å². The first-order valence-electron chi connectivity index (χ1n) is 6.37. The van der Waals surface area contributed by atoms with Crippen molar-refractivity contribution >= 4 is 23.5 Å². The van der Waals surface area contributed by atoms with Crippen LogP contribution < -0.4 is 5.32 Å². The first kappa shape index (κ1) is 16.2. The van der Waals surface area contributed by atoms with Gasteiger partial charge in [0.05, 0.1) is 16.8 Å². The zero-order chi connectivity index (χ0) is 17.9. The van der Waals surface area contributed by atoms with E-state index in [1.165, 1.54) is 30.3 Å². The molecule has 9 heteroatoms. The number of fused-ring (bicyclic) bond motifs is 1. The Bertz CT molecular complexity index is 911. The lowest BCUT2D eigenvalue weighted by Crippen LogP contribution is -2.34. The second-order valence-corrected chi connectivity index (χ2v) is 4.53. The fraction of sp³-hybridized carbons (Fsp3) is 0.0667. The lowest BCUT2D eigenvalue weighted by atomic mass is 10.1. The van der Waals surface area contributed by atoms with E-state index in [0.717, 1.165) is 0 Å². The molecule has 1 aliphatic heterocycles. The van der Waals surface area contributed by atoms with Crippen molar-refractivity contribution in [2.75, 3.05) is 11.9 Å². The van der Waals surface area contributed by atoms with Gasteiger partial charge in [-0.15, -0.1) is 0 Å². The Morgan fingerprint density at radius 3 is 2.33 bits per heavy atom. The molecular weight excluding hydrogens is 314 g/mol. The number of carboxylic acid groups (broad SMARTS) is 1. The van der Waals surface area contributed by atoms with E-state index in [-0.39, 0.29) is 22.5 Å². The predicted octanol–water partition coefficient (Wildman–Crippen LogP) is 0.604. The van der Waals surface area contributed by atoms with Gasteiger partial charge in [0.1, 0.15) is 30.4 Å². The number of aliphatic carboxylic acids is 1. The second kappa shape index (κ2) is 6.30. The van der Waals surface area contributed by atoms with Crippen molar-refractivity contribution in [3.05, 3.63) is 40.6 Å². The molecule has 24 heavy (non-hydrogen) atoms. The standard InChI is InChI=1S/C15H7N5O4/c16-4-8(5-17)11(6-18)19-10-3-1-2-9-13(10)15(24)20(14(9)23)7-12(21)22/h1-3,19H,7H2,(H,21,22). The van der Waals surface area contributed by atoms with Gasteiger partial charge >= 0.3 is 5.97 Å². The number of hydrogen-bond acceptors (Lipinski definition) is 7. The summed E-state index contributed by atoms with van der Waals surface area (Å²) in [7, 11) is 0. The average Bonchev–Trinajstić information content (AvgIpc) is 2.80. The molecule has 2 amide bonds. The summed E-state index contributed by atoms with van der Waals surface area (Å²) < 4.78 is 0. The number of nitrogens with zero attached hydrogens (tertiary/aromatic N) is 4. The van der Waals surface area contributed by atoms with Crippen LogP contribution in [-0.4, -0.2) is 34.3 Å². The predicted molar refractivity (Wildman–Crippen MR) is 76.9 cm³/mol. The highest BCUT2D eigenvalue weighted by atomic mass is 16.4. The van der Waals surface area contributed by atoms with Crippen LogP contribution in [-0.2, 0) is 4.79 Å². The van der Waals surface area contributed by atoms with Crippen LogP contribution in [0.5, 0.6) is 0 Å². The number of amides is 2. The van der Waals surface area contributed by atoms with Gasteiger partial charge in [-0.25, -0.2) is 0 Å². The number of benzene rings is 1. The Balaban J connectivity index is 2.52. The molecule has 1 aromatic carbocycles. The highest BCUT2D eigenvalue weighted by Crippen LogP contribution is 2.30. The number of anilines is 1. The van der Waals surface area contributed by atoms with Gasteiger partial charge in [0, 0.05) is 0 Å². The Hall–Kier alpha value is -4.16. The molecule has 0 aliphatic carbocycles. The molecule has 0 saturated heterocycles. The van der Waals surface area contributed by atoms with Crippen LogP contribution in [0.4, 0.5) is 5.69 Å². The van der Waals surface area contributed by atoms with Crippen molar-refractivity contribution in [1.29, 1.82) is 15.8 Å². The number of allylic oxidation sites excluding steroid dienone is 2. The third-order valence-corrected chi connectivity index (χ3v) is 3.14. The first-order valence-corrected chi connectivity index (χ1v) is 6.37. The lowest BCUT2D eigenvalue weighted by molar-refractivity contribution is -0.137. The number of carboxylic acids is 1. The van der Waals surface area contributed by atoms with Gasteiger partial charge in [-0.1, -0.05) is 6.07 Å². The minimum atomic E-state index is -1.35. The quantitative estimate of drug-likeness (QED) is 0.602. The zero-order valence-electron chi connectivity index (χ0n) is 11.9. The van der Waals surface area contributed by atoms with Gasteiger partial charge in [-0.05, 0) is 12.1 Å². The van der Waals surface area contributed by atoms with Gasteiger partial charge in [0.25, 0.3) is 11.8 Å². The fourth-order valence-electron chi connectivity index (χ4n) is 2.13. The molecule has 2 rings (SSSR count). The summed E-state index contributed by atoms with van der Waals surface area (Å²) in [4.78, 5) is 35.8. The van der Waals surface area contributed by atoms with E-state index in [4.69, 9.17) is 20.9 Å². The molecule has 2 N–H and O–H groups in total. The van der Waals surface area contributed by atoms with Crippen LogP contribution in [0, 0.1) is 34.0 Å². The average molecular weight is 321 g/mol. The van der Waals surface area contributed by atoms with Gasteiger partial charge in [0.2, 0.25) is 0 Å². The van der Waals surface area contributed by atoms with Crippen molar-refractivity contribution < 1.29 is 19.5 Å². The summed E-state index contributed by atoms with van der Waals surface area (Å²) in [5, 5.41) is 38.0. The number of imide groups is 1. The van der Waals surface area contributed by atoms with E-state index >= 15 is 0 Å². The fourth-order valence-corrected chi connectivity index (χ4v) is 2.13. The van der Waals surface area contributed by atoms with E-state index in [1.807, 2.05) is 0 Å². The minimum absolute atomic E-state index is 0.0262. The van der Waals surface area contributed by atoms with Crippen LogP contribution >= 0.6 is 0 Å². The smallest absolute Gasteiger partial charge is 0.323 e. The second-order valence-electron chi connectivity index (χ2n) is 4.53. The van der Waals surface area contributed by atoms with Crippen LogP contribution in [0.1, 0.15) is 20.7 Å². The minimum Gasteiger partial charge on any atom is -0.480 e. The Morgan fingerprint density at radius 1 is 1.12 bits per heavy atom. The SMILES string of the molecule is N#CC(C#N)=C(C#N)Nc1cccc2c1C(=O)N(CC(=O)O)C2=O. The number of nitriles is 3.